The summed E-state index contributed by atoms with van der Waals surface area (Å²) in [6.45, 7) is 0. The predicted octanol–water partition coefficient (Wildman–Crippen LogP) is 3.60. The number of rotatable bonds is 4. The molecule has 0 amide bonds. The lowest BCUT2D eigenvalue weighted by molar-refractivity contribution is 0.387. The first-order valence-electron chi connectivity index (χ1n) is 8.18. The summed E-state index contributed by atoms with van der Waals surface area (Å²) in [6.07, 6.45) is 0. The summed E-state index contributed by atoms with van der Waals surface area (Å²) in [5.74, 6) is -20.6. The smallest absolute Gasteiger partial charge is 0.409 e. The third-order valence-electron chi connectivity index (χ3n) is 4.43. The van der Waals surface area contributed by atoms with E-state index in [2.05, 4.69) is 0 Å². The molecular formula is C19H7AlF10O. The molecule has 3 rings (SSSR count). The third-order valence-corrected chi connectivity index (χ3v) is 7.69. The highest BCUT2D eigenvalue weighted by molar-refractivity contribution is 6.96. The lowest BCUT2D eigenvalue weighted by Crippen LogP contribution is -2.58. The van der Waals surface area contributed by atoms with Gasteiger partial charge in [-0.15, -0.1) is 0 Å². The van der Waals surface area contributed by atoms with Crippen LogP contribution < -0.4 is 18.0 Å². The number of hydrogen-bond donors (Lipinski definition) is 0. The van der Waals surface area contributed by atoms with Gasteiger partial charge in [-0.05, 0) is 14.9 Å². The van der Waals surface area contributed by atoms with Crippen molar-refractivity contribution in [1.82, 2.24) is 0 Å². The lowest BCUT2D eigenvalue weighted by atomic mass is 10.3. The average molecular weight is 468 g/mol. The molecule has 0 N–H and O–H groups in total. The second kappa shape index (κ2) is 8.44. The summed E-state index contributed by atoms with van der Waals surface area (Å²) in [6, 6.07) is 0.333. The minimum Gasteiger partial charge on any atom is -0.495 e. The van der Waals surface area contributed by atoms with Crippen LogP contribution in [0.4, 0.5) is 43.9 Å². The van der Waals surface area contributed by atoms with E-state index >= 15 is 0 Å². The summed E-state index contributed by atoms with van der Waals surface area (Å²) in [5.41, 5.74) is 0. The van der Waals surface area contributed by atoms with Gasteiger partial charge in [0.1, 0.15) is 23.2 Å². The van der Waals surface area contributed by atoms with Crippen molar-refractivity contribution in [2.75, 3.05) is 7.11 Å². The van der Waals surface area contributed by atoms with Crippen LogP contribution in [-0.2, 0) is 0 Å². The molecule has 0 aliphatic rings. The molecule has 0 bridgehead atoms. The maximum Gasteiger partial charge on any atom is 0.409 e. The molecule has 0 aliphatic heterocycles. The Hall–Kier alpha value is -2.71. The Morgan fingerprint density at radius 3 is 1.42 bits per heavy atom. The van der Waals surface area contributed by atoms with Crippen LogP contribution in [0.25, 0.3) is 0 Å². The van der Waals surface area contributed by atoms with Gasteiger partial charge in [-0.1, -0.05) is 4.43 Å². The average Bonchev–Trinajstić information content (AvgIpc) is 2.68. The van der Waals surface area contributed by atoms with E-state index in [1.54, 1.807) is 0 Å². The Bertz CT molecular complexity index is 1130. The van der Waals surface area contributed by atoms with E-state index in [9.17, 15) is 43.9 Å². The number of benzene rings is 3. The predicted molar refractivity (Wildman–Crippen MR) is 90.1 cm³/mol. The molecule has 0 spiro atoms. The molecule has 0 unspecified atom stereocenters. The Labute approximate surface area is 171 Å². The minimum atomic E-state index is -4.59. The van der Waals surface area contributed by atoms with Crippen LogP contribution in [0.1, 0.15) is 0 Å². The molecule has 0 aromatic heterocycles. The van der Waals surface area contributed by atoms with Gasteiger partial charge in [-0.3, -0.25) is 0 Å². The van der Waals surface area contributed by atoms with Gasteiger partial charge in [-0.25, -0.2) is 43.9 Å². The summed E-state index contributed by atoms with van der Waals surface area (Å²) in [4.78, 5) is 0. The van der Waals surface area contributed by atoms with Crippen molar-refractivity contribution < 1.29 is 48.6 Å². The number of ether oxygens (including phenoxy) is 1. The van der Waals surface area contributed by atoms with Gasteiger partial charge in [0.05, 0.1) is 7.11 Å². The molecule has 0 saturated carbocycles. The van der Waals surface area contributed by atoms with Crippen molar-refractivity contribution in [2.45, 2.75) is 0 Å². The zero-order valence-electron chi connectivity index (χ0n) is 15.1. The van der Waals surface area contributed by atoms with Gasteiger partial charge >= 0.3 is 14.1 Å². The van der Waals surface area contributed by atoms with Crippen LogP contribution in [0.2, 0.25) is 0 Å². The van der Waals surface area contributed by atoms with Crippen LogP contribution in [0, 0.1) is 58.2 Å². The van der Waals surface area contributed by atoms with Gasteiger partial charge < -0.3 is 4.74 Å². The molecule has 0 heterocycles. The second-order valence-corrected chi connectivity index (χ2v) is 8.85. The zero-order valence-corrected chi connectivity index (χ0v) is 16.2. The molecule has 0 aliphatic carbocycles. The van der Waals surface area contributed by atoms with Gasteiger partial charge in [0.15, 0.2) is 40.7 Å². The molecular weight excluding hydrogens is 461 g/mol. The van der Waals surface area contributed by atoms with Crippen molar-refractivity contribution in [1.29, 1.82) is 0 Å². The maximum atomic E-state index is 14.6. The molecule has 162 valence electrons. The zero-order chi connectivity index (χ0) is 23.2. The summed E-state index contributed by atoms with van der Waals surface area (Å²) < 4.78 is 142. The molecule has 1 nitrogen and oxygen atoms in total. The standard InChI is InChI=1S/C7H5F2O.2C6HF4.Al/c1-10-7-3-2-5(8)4-6(7)9;2*7-3-1-4(8)6(10)5(9)2-3;/h2,4H,1H3;2*1H;. The van der Waals surface area contributed by atoms with E-state index in [0.717, 1.165) is 7.11 Å². The van der Waals surface area contributed by atoms with Crippen molar-refractivity contribution in [3.63, 3.8) is 0 Å². The largest absolute Gasteiger partial charge is 0.495 e. The molecule has 3 aromatic carbocycles. The van der Waals surface area contributed by atoms with Gasteiger partial charge in [0, 0.05) is 18.2 Å². The van der Waals surface area contributed by atoms with Gasteiger partial charge in [0.2, 0.25) is 0 Å². The van der Waals surface area contributed by atoms with Crippen LogP contribution in [0.5, 0.6) is 5.75 Å². The Balaban J connectivity index is 2.54. The van der Waals surface area contributed by atoms with Crippen molar-refractivity contribution in [2.24, 2.45) is 0 Å². The Morgan fingerprint density at radius 1 is 0.548 bits per heavy atom. The molecule has 0 radical (unpaired) electrons. The monoisotopic (exact) mass is 468 g/mol. The SMILES string of the molecule is COc1c(F)cc(F)c[c]1[Al]([c]1c(F)cc(F)c(F)c1F)[c]1c(F)cc(F)c(F)c1F. The van der Waals surface area contributed by atoms with E-state index < -0.39 is 91.3 Å². The molecule has 3 aromatic rings. The third kappa shape index (κ3) is 3.86. The minimum absolute atomic E-state index is 0.161. The normalized spacial score (nSPS) is 11.1. The van der Waals surface area contributed by atoms with Gasteiger partial charge in [-0.2, -0.15) is 0 Å². The van der Waals surface area contributed by atoms with E-state index in [-0.39, 0.29) is 18.2 Å². The topological polar surface area (TPSA) is 9.23 Å². The van der Waals surface area contributed by atoms with E-state index in [1.807, 2.05) is 0 Å². The van der Waals surface area contributed by atoms with Crippen molar-refractivity contribution in [3.8, 4) is 5.75 Å². The lowest BCUT2D eigenvalue weighted by Gasteiger charge is -2.20. The van der Waals surface area contributed by atoms with Gasteiger partial charge in [0.25, 0.3) is 0 Å². The quantitative estimate of drug-likeness (QED) is 0.246. The number of halogens is 10. The first-order valence-corrected chi connectivity index (χ1v) is 9.91. The summed E-state index contributed by atoms with van der Waals surface area (Å²) >= 11 is -4.59. The molecule has 0 atom stereocenters. The molecule has 0 saturated heterocycles. The highest BCUT2D eigenvalue weighted by Gasteiger charge is 2.42. The fraction of sp³-hybridized carbons (Fsp3) is 0.0526. The molecule has 12 heteroatoms. The number of methoxy groups -OCH3 is 1. The van der Waals surface area contributed by atoms with E-state index in [0.29, 0.717) is 6.07 Å². The van der Waals surface area contributed by atoms with Crippen LogP contribution in [0.15, 0.2) is 24.3 Å². The van der Waals surface area contributed by atoms with Crippen molar-refractivity contribution in [3.05, 3.63) is 82.4 Å². The fourth-order valence-corrected chi connectivity index (χ4v) is 6.39. The highest BCUT2D eigenvalue weighted by atomic mass is 27.2. The maximum absolute atomic E-state index is 14.6. The second-order valence-electron chi connectivity index (χ2n) is 6.21. The Morgan fingerprint density at radius 2 is 1.00 bits per heavy atom. The van der Waals surface area contributed by atoms with Crippen LogP contribution in [0.3, 0.4) is 0 Å². The fourth-order valence-electron chi connectivity index (χ4n) is 3.16. The first kappa shape index (κ1) is 23.0. The van der Waals surface area contributed by atoms with Crippen LogP contribution >= 0.6 is 0 Å². The first-order chi connectivity index (χ1) is 14.5. The highest BCUT2D eigenvalue weighted by Crippen LogP contribution is 2.21. The van der Waals surface area contributed by atoms with Crippen LogP contribution in [-0.4, -0.2) is 21.3 Å². The summed E-state index contributed by atoms with van der Waals surface area (Å²) in [5, 5.41) is 0. The molecule has 0 fully saturated rings. The van der Waals surface area contributed by atoms with E-state index in [1.165, 1.54) is 0 Å². The molecule has 31 heavy (non-hydrogen) atoms. The van der Waals surface area contributed by atoms with Crippen molar-refractivity contribution >= 4 is 27.4 Å². The number of hydrogen-bond acceptors (Lipinski definition) is 1. The summed E-state index contributed by atoms with van der Waals surface area (Å²) in [7, 11) is 0.821. The van der Waals surface area contributed by atoms with E-state index in [4.69, 9.17) is 4.74 Å². The Kier molecular flexibility index (Phi) is 6.25.